The lowest BCUT2D eigenvalue weighted by Gasteiger charge is -2.34. The van der Waals surface area contributed by atoms with Crippen LogP contribution in [0.25, 0.3) is 16.7 Å². The largest absolute Gasteiger partial charge is 0.573 e. The number of imidazole rings is 1. The molecule has 1 fully saturated rings. The summed E-state index contributed by atoms with van der Waals surface area (Å²) in [5.41, 5.74) is 2.81. The number of allylic oxidation sites excluding steroid dienone is 4. The molecule has 0 unspecified atom stereocenters. The van der Waals surface area contributed by atoms with Crippen molar-refractivity contribution < 1.29 is 31.1 Å². The monoisotopic (exact) mass is 503 g/mol. The van der Waals surface area contributed by atoms with Gasteiger partial charge in [0.2, 0.25) is 0 Å². The second-order valence-electron chi connectivity index (χ2n) is 7.50. The molecule has 1 saturated heterocycles. The van der Waals surface area contributed by atoms with Gasteiger partial charge in [0.1, 0.15) is 5.76 Å². The Hall–Kier alpha value is -3.06. The van der Waals surface area contributed by atoms with Gasteiger partial charge in [0, 0.05) is 30.0 Å². The number of rotatable bonds is 5. The maximum Gasteiger partial charge on any atom is 0.573 e. The first-order valence-electron chi connectivity index (χ1n) is 10.2. The van der Waals surface area contributed by atoms with Crippen molar-refractivity contribution in [2.75, 3.05) is 18.0 Å². The van der Waals surface area contributed by atoms with Crippen molar-refractivity contribution in [3.63, 3.8) is 0 Å². The number of anilines is 1. The number of nitrogens with zero attached hydrogens (tertiary/aromatic N) is 3. The standard InChI is InChI=1S/C23H20ClF6N3O/c1-3-16(5-7-18(14-24)34-23(28,29)30)33-20-13-17(6-8-19(20)31-21(33)4-2)32-11-9-15(10-12-32)22(25,26)27/h2-3,5-8,13-15H,9-12H2,1H3/b7-5-,16-3+,18-14-. The van der Waals surface area contributed by atoms with Crippen LogP contribution in [0.1, 0.15) is 25.6 Å². The molecule has 2 aromatic rings. The average molecular weight is 504 g/mol. The van der Waals surface area contributed by atoms with Gasteiger partial charge >= 0.3 is 12.5 Å². The predicted octanol–water partition coefficient (Wildman–Crippen LogP) is 6.83. The third kappa shape index (κ3) is 5.89. The van der Waals surface area contributed by atoms with Crippen LogP contribution in [0.2, 0.25) is 0 Å². The maximum absolute atomic E-state index is 13.0. The molecule has 182 valence electrons. The van der Waals surface area contributed by atoms with Crippen LogP contribution in [0.4, 0.5) is 32.0 Å². The highest BCUT2D eigenvalue weighted by molar-refractivity contribution is 6.25. The van der Waals surface area contributed by atoms with E-state index >= 15 is 0 Å². The molecule has 34 heavy (non-hydrogen) atoms. The maximum atomic E-state index is 13.0. The van der Waals surface area contributed by atoms with Gasteiger partial charge in [-0.3, -0.25) is 4.57 Å². The number of piperidine rings is 1. The minimum atomic E-state index is -4.92. The lowest BCUT2D eigenvalue weighted by Crippen LogP contribution is -2.39. The van der Waals surface area contributed by atoms with Gasteiger partial charge in [-0.15, -0.1) is 19.6 Å². The third-order valence-electron chi connectivity index (χ3n) is 5.40. The minimum Gasteiger partial charge on any atom is -0.405 e. The fraction of sp³-hybridized carbons (Fsp3) is 0.348. The molecule has 4 nitrogen and oxygen atoms in total. The van der Waals surface area contributed by atoms with Crippen molar-refractivity contribution in [3.8, 4) is 12.3 Å². The zero-order valence-corrected chi connectivity index (χ0v) is 18.7. The van der Waals surface area contributed by atoms with Crippen LogP contribution in [0.5, 0.6) is 0 Å². The molecule has 1 aromatic carbocycles. The first kappa shape index (κ1) is 25.6. The van der Waals surface area contributed by atoms with E-state index in [-0.39, 0.29) is 31.8 Å². The Bertz CT molecular complexity index is 1160. The SMILES string of the molecule is C#Cc1nc2ccc(N3CCC(C(F)(F)F)CC3)cc2n1C(/C=C\C(=C\Cl)OC(F)(F)F)=C/C. The van der Waals surface area contributed by atoms with E-state index < -0.39 is 24.2 Å². The highest BCUT2D eigenvalue weighted by atomic mass is 35.5. The number of ether oxygens (including phenoxy) is 1. The summed E-state index contributed by atoms with van der Waals surface area (Å²) in [6.45, 7) is 2.13. The Morgan fingerprint density at radius 1 is 1.18 bits per heavy atom. The molecule has 11 heteroatoms. The van der Waals surface area contributed by atoms with E-state index in [4.69, 9.17) is 18.0 Å². The number of benzene rings is 1. The molecule has 1 aliphatic heterocycles. The summed E-state index contributed by atoms with van der Waals surface area (Å²) in [5, 5.41) is 0. The second kappa shape index (κ2) is 10.1. The summed E-state index contributed by atoms with van der Waals surface area (Å²) in [6.07, 6.45) is 0.440. The minimum absolute atomic E-state index is 0.00794. The Morgan fingerprint density at radius 3 is 2.38 bits per heavy atom. The lowest BCUT2D eigenvalue weighted by atomic mass is 9.96. The van der Waals surface area contributed by atoms with Gasteiger partial charge in [-0.2, -0.15) is 13.2 Å². The van der Waals surface area contributed by atoms with E-state index in [2.05, 4.69) is 15.6 Å². The van der Waals surface area contributed by atoms with Crippen LogP contribution in [0.15, 0.2) is 47.7 Å². The second-order valence-corrected chi connectivity index (χ2v) is 7.72. The van der Waals surface area contributed by atoms with Gasteiger partial charge in [0.05, 0.1) is 17.0 Å². The van der Waals surface area contributed by atoms with Crippen LogP contribution in [0.3, 0.4) is 0 Å². The number of hydrogen-bond acceptors (Lipinski definition) is 3. The summed E-state index contributed by atoms with van der Waals surface area (Å²) in [5.74, 6) is 0.694. The summed E-state index contributed by atoms with van der Waals surface area (Å²) in [7, 11) is 0. The zero-order valence-electron chi connectivity index (χ0n) is 17.9. The van der Waals surface area contributed by atoms with E-state index in [9.17, 15) is 26.3 Å². The van der Waals surface area contributed by atoms with Gasteiger partial charge in [-0.25, -0.2) is 4.98 Å². The molecule has 0 N–H and O–H groups in total. The highest BCUT2D eigenvalue weighted by Gasteiger charge is 2.41. The molecule has 0 amide bonds. The summed E-state index contributed by atoms with van der Waals surface area (Å²) in [4.78, 5) is 6.22. The van der Waals surface area contributed by atoms with Crippen LogP contribution < -0.4 is 4.90 Å². The molecule has 0 radical (unpaired) electrons. The van der Waals surface area contributed by atoms with E-state index in [1.54, 1.807) is 35.8 Å². The Kier molecular flexibility index (Phi) is 7.56. The average Bonchev–Trinajstić information content (AvgIpc) is 3.15. The number of alkyl halides is 6. The Morgan fingerprint density at radius 2 is 1.85 bits per heavy atom. The highest BCUT2D eigenvalue weighted by Crippen LogP contribution is 2.36. The van der Waals surface area contributed by atoms with Crippen molar-refractivity contribution in [2.45, 2.75) is 32.3 Å². The zero-order chi connectivity index (χ0) is 25.1. The Balaban J connectivity index is 1.94. The van der Waals surface area contributed by atoms with Crippen LogP contribution in [-0.2, 0) is 4.74 Å². The quantitative estimate of drug-likeness (QED) is 0.194. The molecular weight excluding hydrogens is 484 g/mol. The van der Waals surface area contributed by atoms with Crippen molar-refractivity contribution >= 4 is 34.0 Å². The van der Waals surface area contributed by atoms with E-state index in [0.29, 0.717) is 28.0 Å². The predicted molar refractivity (Wildman–Crippen MR) is 119 cm³/mol. The summed E-state index contributed by atoms with van der Waals surface area (Å²) >= 11 is 5.44. The normalized spacial score (nSPS) is 17.0. The first-order valence-corrected chi connectivity index (χ1v) is 10.6. The summed E-state index contributed by atoms with van der Waals surface area (Å²) in [6, 6.07) is 5.20. The van der Waals surface area contributed by atoms with Gasteiger partial charge in [-0.1, -0.05) is 17.7 Å². The van der Waals surface area contributed by atoms with Crippen LogP contribution in [0, 0.1) is 18.3 Å². The topological polar surface area (TPSA) is 30.3 Å². The van der Waals surface area contributed by atoms with Crippen molar-refractivity contribution in [1.29, 1.82) is 0 Å². The molecule has 1 aliphatic rings. The van der Waals surface area contributed by atoms with Gasteiger partial charge in [0.25, 0.3) is 0 Å². The molecule has 0 bridgehead atoms. The number of fused-ring (bicyclic) bond motifs is 1. The van der Waals surface area contributed by atoms with Crippen molar-refractivity contribution in [3.05, 3.63) is 53.5 Å². The smallest absolute Gasteiger partial charge is 0.405 e. The van der Waals surface area contributed by atoms with Gasteiger partial charge in [-0.05, 0) is 56.0 Å². The van der Waals surface area contributed by atoms with Gasteiger partial charge < -0.3 is 9.64 Å². The number of hydrogen-bond donors (Lipinski definition) is 0. The molecule has 0 aliphatic carbocycles. The van der Waals surface area contributed by atoms with Crippen LogP contribution in [-0.4, -0.2) is 35.2 Å². The van der Waals surface area contributed by atoms with E-state index in [0.717, 1.165) is 6.08 Å². The van der Waals surface area contributed by atoms with Crippen molar-refractivity contribution in [1.82, 2.24) is 9.55 Å². The molecule has 0 spiro atoms. The number of halogens is 7. The van der Waals surface area contributed by atoms with E-state index in [1.165, 1.54) is 6.08 Å². The van der Waals surface area contributed by atoms with Crippen molar-refractivity contribution in [2.24, 2.45) is 5.92 Å². The van der Waals surface area contributed by atoms with E-state index in [1.807, 2.05) is 4.90 Å². The molecule has 2 heterocycles. The van der Waals surface area contributed by atoms with Crippen LogP contribution >= 0.6 is 11.6 Å². The first-order chi connectivity index (χ1) is 16.0. The Labute approximate surface area is 197 Å². The molecule has 1 aromatic heterocycles. The number of aromatic nitrogens is 2. The molecule has 0 atom stereocenters. The lowest BCUT2D eigenvalue weighted by molar-refractivity contribution is -0.303. The summed E-state index contributed by atoms with van der Waals surface area (Å²) < 4.78 is 82.0. The fourth-order valence-electron chi connectivity index (χ4n) is 3.78. The fourth-order valence-corrected chi connectivity index (χ4v) is 3.89. The molecular formula is C23H20ClF6N3O. The van der Waals surface area contributed by atoms with Gasteiger partial charge in [0.15, 0.2) is 5.82 Å². The third-order valence-corrected chi connectivity index (χ3v) is 5.62. The molecule has 3 rings (SSSR count). The molecule has 0 saturated carbocycles. The number of terminal acetylenes is 1.